The number of carbonyl (C=O) groups excluding carboxylic acids is 1. The molecule has 1 rings (SSSR count). The lowest BCUT2D eigenvalue weighted by Crippen LogP contribution is -2.24. The Labute approximate surface area is 93.5 Å². The van der Waals surface area contributed by atoms with Crippen molar-refractivity contribution in [3.05, 3.63) is 29.8 Å². The largest absolute Gasteiger partial charge is 0.396 e. The number of nitrogens with zero attached hydrogens (tertiary/aromatic N) is 1. The summed E-state index contributed by atoms with van der Waals surface area (Å²) >= 11 is 0. The zero-order valence-electron chi connectivity index (χ0n) is 8.95. The molecule has 0 bridgehead atoms. The van der Waals surface area contributed by atoms with Gasteiger partial charge >= 0.3 is 0 Å². The van der Waals surface area contributed by atoms with Crippen LogP contribution in [0, 0.1) is 5.95 Å². The first-order valence-electron chi connectivity index (χ1n) is 5.24. The van der Waals surface area contributed by atoms with E-state index in [1.54, 1.807) is 0 Å². The van der Waals surface area contributed by atoms with Gasteiger partial charge in [0.05, 0.1) is 0 Å². The number of aromatic nitrogens is 1. The summed E-state index contributed by atoms with van der Waals surface area (Å²) in [6.45, 7) is 0.701. The predicted molar refractivity (Wildman–Crippen MR) is 57.5 cm³/mol. The fourth-order valence-electron chi connectivity index (χ4n) is 1.26. The maximum absolute atomic E-state index is 12.7. The Morgan fingerprint density at radius 2 is 2.25 bits per heavy atom. The van der Waals surface area contributed by atoms with Crippen molar-refractivity contribution in [1.82, 2.24) is 10.3 Å². The molecule has 0 radical (unpaired) electrons. The molecule has 0 aliphatic rings. The van der Waals surface area contributed by atoms with E-state index in [0.717, 1.165) is 25.3 Å². The highest BCUT2D eigenvalue weighted by Gasteiger charge is 2.05. The Bertz CT molecular complexity index is 345. The van der Waals surface area contributed by atoms with Crippen LogP contribution in [0.3, 0.4) is 0 Å². The van der Waals surface area contributed by atoms with E-state index in [1.165, 1.54) is 12.3 Å². The average Bonchev–Trinajstić information content (AvgIpc) is 2.28. The van der Waals surface area contributed by atoms with Crippen molar-refractivity contribution >= 4 is 5.91 Å². The van der Waals surface area contributed by atoms with Crippen LogP contribution in [0.5, 0.6) is 0 Å². The van der Waals surface area contributed by atoms with Crippen molar-refractivity contribution < 1.29 is 14.3 Å². The molecule has 0 unspecified atom stereocenters. The molecular formula is C11H15FN2O2. The molecule has 0 saturated carbocycles. The van der Waals surface area contributed by atoms with Gasteiger partial charge < -0.3 is 10.4 Å². The summed E-state index contributed by atoms with van der Waals surface area (Å²) in [5.41, 5.74) is 0.273. The predicted octanol–water partition coefficient (Wildman–Crippen LogP) is 1.11. The van der Waals surface area contributed by atoms with Crippen LogP contribution in [-0.2, 0) is 0 Å². The second-order valence-electron chi connectivity index (χ2n) is 3.41. The molecule has 0 fully saturated rings. The molecule has 0 saturated heterocycles. The average molecular weight is 226 g/mol. The van der Waals surface area contributed by atoms with Crippen LogP contribution in [0.15, 0.2) is 18.3 Å². The van der Waals surface area contributed by atoms with E-state index in [2.05, 4.69) is 10.3 Å². The van der Waals surface area contributed by atoms with Gasteiger partial charge in [0.15, 0.2) is 0 Å². The third-order valence-electron chi connectivity index (χ3n) is 2.11. The first-order valence-corrected chi connectivity index (χ1v) is 5.24. The summed E-state index contributed by atoms with van der Waals surface area (Å²) in [5.74, 6) is -0.960. The van der Waals surface area contributed by atoms with Gasteiger partial charge in [-0.1, -0.05) is 0 Å². The molecule has 2 N–H and O–H groups in total. The van der Waals surface area contributed by atoms with E-state index < -0.39 is 5.95 Å². The number of halogens is 1. The van der Waals surface area contributed by atoms with Crippen LogP contribution in [0.25, 0.3) is 0 Å². The highest BCUT2D eigenvalue weighted by Crippen LogP contribution is 2.00. The third-order valence-corrected chi connectivity index (χ3v) is 2.11. The summed E-state index contributed by atoms with van der Waals surface area (Å²) in [6, 6.07) is 2.56. The Hall–Kier alpha value is -1.49. The third kappa shape index (κ3) is 4.35. The highest BCUT2D eigenvalue weighted by atomic mass is 19.1. The summed E-state index contributed by atoms with van der Waals surface area (Å²) in [6.07, 6.45) is 3.66. The minimum Gasteiger partial charge on any atom is -0.396 e. The Balaban J connectivity index is 2.30. The fraction of sp³-hybridized carbons (Fsp3) is 0.455. The smallest absolute Gasteiger partial charge is 0.251 e. The zero-order chi connectivity index (χ0) is 11.8. The van der Waals surface area contributed by atoms with Crippen molar-refractivity contribution in [3.8, 4) is 0 Å². The van der Waals surface area contributed by atoms with Gasteiger partial charge in [-0.2, -0.15) is 4.39 Å². The molecule has 1 amide bonds. The molecule has 4 nitrogen and oxygen atoms in total. The van der Waals surface area contributed by atoms with Gasteiger partial charge in [0.25, 0.3) is 5.91 Å². The van der Waals surface area contributed by atoms with E-state index in [-0.39, 0.29) is 18.1 Å². The SMILES string of the molecule is O=C(NCCCCCO)c1ccnc(F)c1. The van der Waals surface area contributed by atoms with Crippen molar-refractivity contribution in [1.29, 1.82) is 0 Å². The second-order valence-corrected chi connectivity index (χ2v) is 3.41. The molecule has 5 heteroatoms. The van der Waals surface area contributed by atoms with Crippen LogP contribution in [0.4, 0.5) is 4.39 Å². The molecule has 0 aliphatic carbocycles. The monoisotopic (exact) mass is 226 g/mol. The first-order chi connectivity index (χ1) is 7.74. The van der Waals surface area contributed by atoms with Crippen LogP contribution < -0.4 is 5.32 Å². The highest BCUT2D eigenvalue weighted by molar-refractivity contribution is 5.93. The van der Waals surface area contributed by atoms with Gasteiger partial charge in [-0.15, -0.1) is 0 Å². The normalized spacial score (nSPS) is 10.1. The topological polar surface area (TPSA) is 62.2 Å². The second kappa shape index (κ2) is 6.90. The van der Waals surface area contributed by atoms with Crippen LogP contribution in [-0.4, -0.2) is 29.1 Å². The van der Waals surface area contributed by atoms with Gasteiger partial charge in [-0.25, -0.2) is 4.98 Å². The lowest BCUT2D eigenvalue weighted by atomic mass is 10.2. The summed E-state index contributed by atoms with van der Waals surface area (Å²) < 4.78 is 12.7. The molecule has 1 heterocycles. The maximum Gasteiger partial charge on any atom is 0.251 e. The Morgan fingerprint density at radius 1 is 1.44 bits per heavy atom. The molecule has 16 heavy (non-hydrogen) atoms. The van der Waals surface area contributed by atoms with E-state index in [1.807, 2.05) is 0 Å². The molecule has 0 atom stereocenters. The van der Waals surface area contributed by atoms with Crippen molar-refractivity contribution in [2.75, 3.05) is 13.2 Å². The number of aliphatic hydroxyl groups excluding tert-OH is 1. The summed E-state index contributed by atoms with van der Waals surface area (Å²) in [7, 11) is 0. The van der Waals surface area contributed by atoms with Gasteiger partial charge in [-0.05, 0) is 25.3 Å². The summed E-state index contributed by atoms with van der Waals surface area (Å²) in [5, 5.41) is 11.2. The van der Waals surface area contributed by atoms with Crippen LogP contribution >= 0.6 is 0 Å². The van der Waals surface area contributed by atoms with Crippen LogP contribution in [0.2, 0.25) is 0 Å². The van der Waals surface area contributed by atoms with E-state index in [9.17, 15) is 9.18 Å². The van der Waals surface area contributed by atoms with E-state index in [0.29, 0.717) is 6.54 Å². The Kier molecular flexibility index (Phi) is 5.42. The summed E-state index contributed by atoms with van der Waals surface area (Å²) in [4.78, 5) is 14.8. The number of amides is 1. The molecule has 0 aromatic carbocycles. The van der Waals surface area contributed by atoms with Crippen molar-refractivity contribution in [2.24, 2.45) is 0 Å². The number of pyridine rings is 1. The van der Waals surface area contributed by atoms with Crippen molar-refractivity contribution in [2.45, 2.75) is 19.3 Å². The maximum atomic E-state index is 12.7. The van der Waals surface area contributed by atoms with Gasteiger partial charge in [0.2, 0.25) is 5.95 Å². The molecule has 0 aliphatic heterocycles. The van der Waals surface area contributed by atoms with Crippen LogP contribution in [0.1, 0.15) is 29.6 Å². The zero-order valence-corrected chi connectivity index (χ0v) is 8.95. The first kappa shape index (κ1) is 12.6. The number of unbranched alkanes of at least 4 members (excludes halogenated alkanes) is 2. The lowest BCUT2D eigenvalue weighted by Gasteiger charge is -2.04. The molecule has 1 aromatic heterocycles. The number of nitrogens with one attached hydrogen (secondary N) is 1. The molecule has 88 valence electrons. The van der Waals surface area contributed by atoms with Gasteiger partial charge in [0, 0.05) is 31.0 Å². The molecular weight excluding hydrogens is 211 g/mol. The quantitative estimate of drug-likeness (QED) is 0.564. The molecule has 0 spiro atoms. The minimum atomic E-state index is -0.659. The number of hydrogen-bond acceptors (Lipinski definition) is 3. The standard InChI is InChI=1S/C11H15FN2O2/c12-10-8-9(4-6-13-10)11(16)14-5-2-1-3-7-15/h4,6,8,15H,1-3,5,7H2,(H,14,16). The number of aliphatic hydroxyl groups is 1. The minimum absolute atomic E-state index is 0.170. The van der Waals surface area contributed by atoms with Gasteiger partial charge in [0.1, 0.15) is 0 Å². The van der Waals surface area contributed by atoms with Crippen molar-refractivity contribution in [3.63, 3.8) is 0 Å². The number of rotatable bonds is 6. The fourth-order valence-corrected chi connectivity index (χ4v) is 1.26. The van der Waals surface area contributed by atoms with Gasteiger partial charge in [-0.3, -0.25) is 4.79 Å². The number of carbonyl (C=O) groups is 1. The lowest BCUT2D eigenvalue weighted by molar-refractivity contribution is 0.0952. The van der Waals surface area contributed by atoms with E-state index >= 15 is 0 Å². The molecule has 1 aromatic rings. The number of hydrogen-bond donors (Lipinski definition) is 2. The van der Waals surface area contributed by atoms with E-state index in [4.69, 9.17) is 5.11 Å². The Morgan fingerprint density at radius 3 is 2.94 bits per heavy atom.